The lowest BCUT2D eigenvalue weighted by Crippen LogP contribution is -2.21. The first kappa shape index (κ1) is 9.66. The second-order valence-corrected chi connectivity index (χ2v) is 4.25. The number of hydrogen-bond donors (Lipinski definition) is 2. The Labute approximate surface area is 94.0 Å². The van der Waals surface area contributed by atoms with E-state index in [0.717, 1.165) is 35.8 Å². The summed E-state index contributed by atoms with van der Waals surface area (Å²) < 4.78 is 5.51. The van der Waals surface area contributed by atoms with Crippen LogP contribution in [0.3, 0.4) is 0 Å². The maximum atomic E-state index is 5.51. The predicted octanol–water partition coefficient (Wildman–Crippen LogP) is 1.91. The van der Waals surface area contributed by atoms with Crippen LogP contribution in [0.5, 0.6) is 0 Å². The number of oxazole rings is 1. The number of nitrogens with one attached hydrogen (secondary N) is 2. The lowest BCUT2D eigenvalue weighted by molar-refractivity contribution is 0.561. The second kappa shape index (κ2) is 3.79. The normalized spacial score (nSPS) is 20.4. The summed E-state index contributed by atoms with van der Waals surface area (Å²) in [5, 5.41) is 6.83. The van der Waals surface area contributed by atoms with Crippen molar-refractivity contribution < 1.29 is 4.42 Å². The average Bonchev–Trinajstić information content (AvgIpc) is 2.85. The molecule has 1 aliphatic rings. The van der Waals surface area contributed by atoms with Gasteiger partial charge >= 0.3 is 0 Å². The zero-order chi connectivity index (χ0) is 11.0. The van der Waals surface area contributed by atoms with E-state index in [0.29, 0.717) is 6.04 Å². The summed E-state index contributed by atoms with van der Waals surface area (Å²) in [5.41, 5.74) is 2.89. The molecular formula is C12H15N3O. The number of benzene rings is 1. The van der Waals surface area contributed by atoms with Crippen LogP contribution in [0.1, 0.15) is 12.3 Å². The first-order chi connectivity index (χ1) is 7.81. The van der Waals surface area contributed by atoms with Gasteiger partial charge in [0, 0.05) is 31.3 Å². The molecule has 1 aromatic carbocycles. The number of hydrogen-bond acceptors (Lipinski definition) is 4. The summed E-state index contributed by atoms with van der Waals surface area (Å²) >= 11 is 0. The lowest BCUT2D eigenvalue weighted by atomic mass is 10.2. The van der Waals surface area contributed by atoms with E-state index in [1.165, 1.54) is 6.42 Å². The van der Waals surface area contributed by atoms with Gasteiger partial charge in [-0.25, -0.2) is 4.98 Å². The number of nitrogens with zero attached hydrogens (tertiary/aromatic N) is 1. The van der Waals surface area contributed by atoms with Crippen LogP contribution in [0.2, 0.25) is 0 Å². The minimum Gasteiger partial charge on any atom is -0.441 e. The maximum Gasteiger partial charge on any atom is 0.192 e. The molecule has 2 heterocycles. The molecule has 1 unspecified atom stereocenters. The van der Waals surface area contributed by atoms with Crippen molar-refractivity contribution in [2.75, 3.05) is 18.4 Å². The SMILES string of the molecule is Cc1nc2ccc(NC3CCNC3)cc2o1. The third-order valence-electron chi connectivity index (χ3n) is 2.93. The number of aryl methyl sites for hydroxylation is 1. The molecule has 0 spiro atoms. The summed E-state index contributed by atoms with van der Waals surface area (Å²) in [6.45, 7) is 4.00. The van der Waals surface area contributed by atoms with Crippen LogP contribution in [0, 0.1) is 6.92 Å². The van der Waals surface area contributed by atoms with Gasteiger partial charge in [0.05, 0.1) is 0 Å². The van der Waals surface area contributed by atoms with Gasteiger partial charge in [0.15, 0.2) is 11.5 Å². The number of anilines is 1. The van der Waals surface area contributed by atoms with Crippen LogP contribution in [-0.4, -0.2) is 24.1 Å². The molecule has 0 aliphatic carbocycles. The Morgan fingerprint density at radius 2 is 2.44 bits per heavy atom. The second-order valence-electron chi connectivity index (χ2n) is 4.25. The molecule has 4 nitrogen and oxygen atoms in total. The summed E-state index contributed by atoms with van der Waals surface area (Å²) in [7, 11) is 0. The van der Waals surface area contributed by atoms with E-state index in [4.69, 9.17) is 4.42 Å². The fraction of sp³-hybridized carbons (Fsp3) is 0.417. The van der Waals surface area contributed by atoms with Gasteiger partial charge in [-0.3, -0.25) is 0 Å². The van der Waals surface area contributed by atoms with Gasteiger partial charge in [-0.15, -0.1) is 0 Å². The Morgan fingerprint density at radius 1 is 1.50 bits per heavy atom. The standard InChI is InChI=1S/C12H15N3O/c1-8-14-11-3-2-9(6-12(11)16-8)15-10-4-5-13-7-10/h2-3,6,10,13,15H,4-5,7H2,1H3. The Balaban J connectivity index is 1.86. The minimum absolute atomic E-state index is 0.529. The zero-order valence-corrected chi connectivity index (χ0v) is 9.29. The Hall–Kier alpha value is -1.55. The fourth-order valence-electron chi connectivity index (χ4n) is 2.14. The van der Waals surface area contributed by atoms with Gasteiger partial charge < -0.3 is 15.1 Å². The molecule has 1 fully saturated rings. The molecule has 0 radical (unpaired) electrons. The van der Waals surface area contributed by atoms with Crippen LogP contribution in [0.25, 0.3) is 11.1 Å². The fourth-order valence-corrected chi connectivity index (χ4v) is 2.14. The quantitative estimate of drug-likeness (QED) is 0.806. The minimum atomic E-state index is 0.529. The van der Waals surface area contributed by atoms with Gasteiger partial charge in [0.25, 0.3) is 0 Å². The number of fused-ring (bicyclic) bond motifs is 1. The highest BCUT2D eigenvalue weighted by Gasteiger charge is 2.14. The summed E-state index contributed by atoms with van der Waals surface area (Å²) in [6, 6.07) is 6.61. The average molecular weight is 217 g/mol. The van der Waals surface area contributed by atoms with Gasteiger partial charge in [-0.05, 0) is 25.1 Å². The third kappa shape index (κ3) is 1.76. The van der Waals surface area contributed by atoms with E-state index < -0.39 is 0 Å². The van der Waals surface area contributed by atoms with Crippen LogP contribution >= 0.6 is 0 Å². The van der Waals surface area contributed by atoms with E-state index in [9.17, 15) is 0 Å². The first-order valence-corrected chi connectivity index (χ1v) is 5.66. The highest BCUT2D eigenvalue weighted by molar-refractivity contribution is 5.77. The van der Waals surface area contributed by atoms with Crippen LogP contribution in [0.4, 0.5) is 5.69 Å². The van der Waals surface area contributed by atoms with Crippen molar-refractivity contribution in [3.63, 3.8) is 0 Å². The van der Waals surface area contributed by atoms with Crippen molar-refractivity contribution in [3.8, 4) is 0 Å². The molecular weight excluding hydrogens is 202 g/mol. The molecule has 84 valence electrons. The predicted molar refractivity (Wildman–Crippen MR) is 63.6 cm³/mol. The van der Waals surface area contributed by atoms with Gasteiger partial charge in [-0.2, -0.15) is 0 Å². The monoisotopic (exact) mass is 217 g/mol. The van der Waals surface area contributed by atoms with Gasteiger partial charge in [0.2, 0.25) is 0 Å². The molecule has 16 heavy (non-hydrogen) atoms. The maximum absolute atomic E-state index is 5.51. The van der Waals surface area contributed by atoms with E-state index in [2.05, 4.69) is 21.7 Å². The topological polar surface area (TPSA) is 50.1 Å². The molecule has 0 saturated carbocycles. The lowest BCUT2D eigenvalue weighted by Gasteiger charge is -2.12. The van der Waals surface area contributed by atoms with Crippen LogP contribution < -0.4 is 10.6 Å². The van der Waals surface area contributed by atoms with Crippen molar-refractivity contribution >= 4 is 16.8 Å². The largest absolute Gasteiger partial charge is 0.441 e. The Kier molecular flexibility index (Phi) is 2.29. The summed E-state index contributed by atoms with van der Waals surface area (Å²) in [4.78, 5) is 4.28. The van der Waals surface area contributed by atoms with E-state index in [-0.39, 0.29) is 0 Å². The van der Waals surface area contributed by atoms with Crippen molar-refractivity contribution in [1.29, 1.82) is 0 Å². The molecule has 1 saturated heterocycles. The van der Waals surface area contributed by atoms with Gasteiger partial charge in [-0.1, -0.05) is 0 Å². The highest BCUT2D eigenvalue weighted by atomic mass is 16.3. The molecule has 0 amide bonds. The van der Waals surface area contributed by atoms with E-state index in [1.807, 2.05) is 19.1 Å². The number of rotatable bonds is 2. The molecule has 2 aromatic rings. The molecule has 1 atom stereocenters. The Bertz CT molecular complexity index is 500. The highest BCUT2D eigenvalue weighted by Crippen LogP contribution is 2.21. The van der Waals surface area contributed by atoms with Crippen LogP contribution in [-0.2, 0) is 0 Å². The molecule has 1 aliphatic heterocycles. The van der Waals surface area contributed by atoms with Crippen LogP contribution in [0.15, 0.2) is 22.6 Å². The summed E-state index contributed by atoms with van der Waals surface area (Å²) in [6.07, 6.45) is 1.17. The molecule has 0 bridgehead atoms. The first-order valence-electron chi connectivity index (χ1n) is 5.66. The zero-order valence-electron chi connectivity index (χ0n) is 9.29. The molecule has 4 heteroatoms. The smallest absolute Gasteiger partial charge is 0.192 e. The Morgan fingerprint density at radius 3 is 3.25 bits per heavy atom. The van der Waals surface area contributed by atoms with Crippen molar-refractivity contribution in [1.82, 2.24) is 10.3 Å². The summed E-state index contributed by atoms with van der Waals surface area (Å²) in [5.74, 6) is 0.717. The van der Waals surface area contributed by atoms with Crippen molar-refractivity contribution in [3.05, 3.63) is 24.1 Å². The molecule has 1 aromatic heterocycles. The number of aromatic nitrogens is 1. The molecule has 3 rings (SSSR count). The van der Waals surface area contributed by atoms with Gasteiger partial charge in [0.1, 0.15) is 5.52 Å². The van der Waals surface area contributed by atoms with E-state index in [1.54, 1.807) is 0 Å². The van der Waals surface area contributed by atoms with E-state index >= 15 is 0 Å². The van der Waals surface area contributed by atoms with Crippen molar-refractivity contribution in [2.24, 2.45) is 0 Å². The van der Waals surface area contributed by atoms with Crippen molar-refractivity contribution in [2.45, 2.75) is 19.4 Å². The molecule has 2 N–H and O–H groups in total. The third-order valence-corrected chi connectivity index (χ3v) is 2.93.